The van der Waals surface area contributed by atoms with Gasteiger partial charge in [0, 0.05) is 16.6 Å². The predicted molar refractivity (Wildman–Crippen MR) is 65.1 cm³/mol. The van der Waals surface area contributed by atoms with Crippen molar-refractivity contribution in [3.05, 3.63) is 35.0 Å². The average molecular weight is 202 g/mol. The van der Waals surface area contributed by atoms with E-state index in [1.807, 2.05) is 0 Å². The third-order valence-electron chi connectivity index (χ3n) is 2.93. The predicted octanol–water partition coefficient (Wildman–Crippen LogP) is 2.68. The van der Waals surface area contributed by atoms with Crippen molar-refractivity contribution >= 4 is 10.9 Å². The normalized spacial score (nSPS) is 11.1. The average Bonchev–Trinajstić information content (AvgIpc) is 2.66. The molecule has 0 unspecified atom stereocenters. The largest absolute Gasteiger partial charge is 0.358 e. The Bertz CT molecular complexity index is 430. The van der Waals surface area contributed by atoms with Crippen molar-refractivity contribution in [2.24, 2.45) is 5.73 Å². The fourth-order valence-corrected chi connectivity index (χ4v) is 1.98. The van der Waals surface area contributed by atoms with E-state index >= 15 is 0 Å². The minimum Gasteiger partial charge on any atom is -0.358 e. The number of rotatable bonds is 3. The van der Waals surface area contributed by atoms with Gasteiger partial charge < -0.3 is 10.7 Å². The van der Waals surface area contributed by atoms with Gasteiger partial charge >= 0.3 is 0 Å². The zero-order chi connectivity index (χ0) is 10.8. The highest BCUT2D eigenvalue weighted by molar-refractivity contribution is 5.86. The van der Waals surface area contributed by atoms with Gasteiger partial charge in [0.2, 0.25) is 0 Å². The summed E-state index contributed by atoms with van der Waals surface area (Å²) >= 11 is 0. The van der Waals surface area contributed by atoms with Crippen molar-refractivity contribution in [2.75, 3.05) is 6.54 Å². The van der Waals surface area contributed by atoms with Crippen molar-refractivity contribution in [3.8, 4) is 0 Å². The topological polar surface area (TPSA) is 41.8 Å². The van der Waals surface area contributed by atoms with E-state index < -0.39 is 0 Å². The Morgan fingerprint density at radius 1 is 1.20 bits per heavy atom. The molecule has 0 bridgehead atoms. The van der Waals surface area contributed by atoms with Crippen LogP contribution in [0.25, 0.3) is 10.9 Å². The van der Waals surface area contributed by atoms with Gasteiger partial charge in [-0.1, -0.05) is 12.1 Å². The first-order valence-electron chi connectivity index (χ1n) is 5.50. The van der Waals surface area contributed by atoms with E-state index in [2.05, 4.69) is 37.0 Å². The molecular formula is C13H18N2. The summed E-state index contributed by atoms with van der Waals surface area (Å²) in [5, 5.41) is 1.35. The number of hydrogen-bond donors (Lipinski definition) is 2. The Morgan fingerprint density at radius 2 is 1.93 bits per heavy atom. The van der Waals surface area contributed by atoms with Crippen LogP contribution in [0.15, 0.2) is 18.2 Å². The second-order valence-corrected chi connectivity index (χ2v) is 4.17. The lowest BCUT2D eigenvalue weighted by molar-refractivity contribution is 0.817. The maximum Gasteiger partial charge on any atom is 0.0488 e. The Morgan fingerprint density at radius 3 is 2.60 bits per heavy atom. The number of nitrogens with two attached hydrogens (primary N) is 1. The van der Waals surface area contributed by atoms with Crippen LogP contribution in [0.3, 0.4) is 0 Å². The zero-order valence-corrected chi connectivity index (χ0v) is 9.43. The maximum absolute atomic E-state index is 5.52. The number of aromatic amines is 1. The van der Waals surface area contributed by atoms with Crippen molar-refractivity contribution < 1.29 is 0 Å². The van der Waals surface area contributed by atoms with Crippen LogP contribution in [0.2, 0.25) is 0 Å². The van der Waals surface area contributed by atoms with Crippen LogP contribution in [-0.2, 0) is 6.42 Å². The first kappa shape index (κ1) is 10.2. The molecule has 80 valence electrons. The first-order chi connectivity index (χ1) is 7.22. The Balaban J connectivity index is 2.45. The lowest BCUT2D eigenvalue weighted by Crippen LogP contribution is -2.00. The van der Waals surface area contributed by atoms with Gasteiger partial charge in [0.25, 0.3) is 0 Å². The van der Waals surface area contributed by atoms with E-state index in [-0.39, 0.29) is 0 Å². The molecule has 2 rings (SSSR count). The Labute approximate surface area is 90.5 Å². The van der Waals surface area contributed by atoms with E-state index in [1.54, 1.807) is 0 Å². The quantitative estimate of drug-likeness (QED) is 0.789. The Kier molecular flexibility index (Phi) is 2.78. The molecule has 2 nitrogen and oxygen atoms in total. The molecule has 0 fully saturated rings. The Hall–Kier alpha value is -1.28. The molecule has 0 atom stereocenters. The van der Waals surface area contributed by atoms with E-state index in [9.17, 15) is 0 Å². The molecule has 0 saturated heterocycles. The summed E-state index contributed by atoms with van der Waals surface area (Å²) in [6.07, 6.45) is 2.09. The van der Waals surface area contributed by atoms with Gasteiger partial charge in [-0.05, 0) is 50.4 Å². The van der Waals surface area contributed by atoms with Gasteiger partial charge in [-0.15, -0.1) is 0 Å². The molecule has 0 aliphatic heterocycles. The molecular weight excluding hydrogens is 184 g/mol. The van der Waals surface area contributed by atoms with Crippen molar-refractivity contribution in [2.45, 2.75) is 26.7 Å². The van der Waals surface area contributed by atoms with Gasteiger partial charge in [0.15, 0.2) is 0 Å². The number of H-pyrrole nitrogens is 1. The number of aryl methyl sites for hydroxylation is 3. The standard InChI is InChI=1S/C13H18N2/c1-9-5-6-10(2)13-12(9)8-11(15-13)4-3-7-14/h5-6,8,15H,3-4,7,14H2,1-2H3. The van der Waals surface area contributed by atoms with E-state index in [1.165, 1.54) is 27.7 Å². The molecule has 0 aliphatic carbocycles. The van der Waals surface area contributed by atoms with Crippen LogP contribution >= 0.6 is 0 Å². The van der Waals surface area contributed by atoms with Crippen LogP contribution in [0.1, 0.15) is 23.2 Å². The highest BCUT2D eigenvalue weighted by atomic mass is 14.7. The van der Waals surface area contributed by atoms with Crippen LogP contribution < -0.4 is 5.73 Å². The SMILES string of the molecule is Cc1ccc(C)c2[nH]c(CCCN)cc12. The van der Waals surface area contributed by atoms with Crippen LogP contribution in [0.5, 0.6) is 0 Å². The number of aromatic nitrogens is 1. The summed E-state index contributed by atoms with van der Waals surface area (Å²) < 4.78 is 0. The lowest BCUT2D eigenvalue weighted by Gasteiger charge is -1.98. The molecule has 0 amide bonds. The molecule has 0 radical (unpaired) electrons. The third kappa shape index (κ3) is 1.90. The fraction of sp³-hybridized carbons (Fsp3) is 0.385. The van der Waals surface area contributed by atoms with Crippen LogP contribution in [0.4, 0.5) is 0 Å². The minimum atomic E-state index is 0.757. The third-order valence-corrected chi connectivity index (χ3v) is 2.93. The summed E-state index contributed by atoms with van der Waals surface area (Å²) in [5.41, 5.74) is 10.7. The molecule has 15 heavy (non-hydrogen) atoms. The molecule has 3 N–H and O–H groups in total. The van der Waals surface area contributed by atoms with E-state index in [0.29, 0.717) is 0 Å². The molecule has 2 aromatic rings. The lowest BCUT2D eigenvalue weighted by atomic mass is 10.1. The summed E-state index contributed by atoms with van der Waals surface area (Å²) in [7, 11) is 0. The van der Waals surface area contributed by atoms with Crippen LogP contribution in [-0.4, -0.2) is 11.5 Å². The number of fused-ring (bicyclic) bond motifs is 1. The molecule has 0 aliphatic rings. The highest BCUT2D eigenvalue weighted by Gasteiger charge is 2.04. The molecule has 0 saturated carbocycles. The van der Waals surface area contributed by atoms with Gasteiger partial charge in [-0.2, -0.15) is 0 Å². The zero-order valence-electron chi connectivity index (χ0n) is 9.43. The van der Waals surface area contributed by atoms with Gasteiger partial charge in [0.1, 0.15) is 0 Å². The van der Waals surface area contributed by atoms with Gasteiger partial charge in [-0.25, -0.2) is 0 Å². The summed E-state index contributed by atoms with van der Waals surface area (Å²) in [4.78, 5) is 3.48. The number of nitrogens with one attached hydrogen (secondary N) is 1. The number of benzene rings is 1. The maximum atomic E-state index is 5.52. The first-order valence-corrected chi connectivity index (χ1v) is 5.50. The molecule has 1 aromatic carbocycles. The van der Waals surface area contributed by atoms with Crippen molar-refractivity contribution in [1.82, 2.24) is 4.98 Å². The van der Waals surface area contributed by atoms with E-state index in [4.69, 9.17) is 5.73 Å². The van der Waals surface area contributed by atoms with Crippen molar-refractivity contribution in [1.29, 1.82) is 0 Å². The monoisotopic (exact) mass is 202 g/mol. The summed E-state index contributed by atoms with van der Waals surface area (Å²) in [5.74, 6) is 0. The van der Waals surface area contributed by atoms with Crippen LogP contribution in [0, 0.1) is 13.8 Å². The fourth-order valence-electron chi connectivity index (χ4n) is 1.98. The van der Waals surface area contributed by atoms with Gasteiger partial charge in [0.05, 0.1) is 0 Å². The smallest absolute Gasteiger partial charge is 0.0488 e. The molecule has 0 spiro atoms. The highest BCUT2D eigenvalue weighted by Crippen LogP contribution is 2.23. The molecule has 1 heterocycles. The molecule has 2 heteroatoms. The second-order valence-electron chi connectivity index (χ2n) is 4.17. The van der Waals surface area contributed by atoms with Crippen molar-refractivity contribution in [3.63, 3.8) is 0 Å². The van der Waals surface area contributed by atoms with Gasteiger partial charge in [-0.3, -0.25) is 0 Å². The molecule has 1 aromatic heterocycles. The second kappa shape index (κ2) is 4.07. The summed E-state index contributed by atoms with van der Waals surface area (Å²) in [6.45, 7) is 5.06. The van der Waals surface area contributed by atoms with E-state index in [0.717, 1.165) is 19.4 Å². The minimum absolute atomic E-state index is 0.757. The number of hydrogen-bond acceptors (Lipinski definition) is 1. The summed E-state index contributed by atoms with van der Waals surface area (Å²) in [6, 6.07) is 6.60.